The van der Waals surface area contributed by atoms with Crippen molar-refractivity contribution in [1.82, 2.24) is 10.3 Å². The molecule has 1 aromatic carbocycles. The number of aliphatic hydroxyl groups is 2. The van der Waals surface area contributed by atoms with E-state index in [1.807, 2.05) is 0 Å². The van der Waals surface area contributed by atoms with Crippen LogP contribution in [0.15, 0.2) is 36.5 Å². The van der Waals surface area contributed by atoms with Crippen LogP contribution in [0, 0.1) is 5.82 Å². The molecular weight excluding hydrogens is 378 g/mol. The maximum atomic E-state index is 15.7. The zero-order chi connectivity index (χ0) is 19.8. The Kier molecular flexibility index (Phi) is 5.20. The van der Waals surface area contributed by atoms with Gasteiger partial charge < -0.3 is 15.5 Å². The summed E-state index contributed by atoms with van der Waals surface area (Å²) in [6.07, 6.45) is 0.881. The van der Waals surface area contributed by atoms with E-state index in [2.05, 4.69) is 10.3 Å². The van der Waals surface area contributed by atoms with Crippen molar-refractivity contribution in [1.29, 1.82) is 0 Å². The SMILES string of the molecule is C[C@@H](NC(=O)[C@]1(F)CC[C@@](O)(CO)c2ncccc21)c1ccc(F)cc1Cl. The average molecular weight is 397 g/mol. The van der Waals surface area contributed by atoms with E-state index in [1.54, 1.807) is 6.92 Å². The first kappa shape index (κ1) is 19.7. The highest BCUT2D eigenvalue weighted by molar-refractivity contribution is 6.31. The molecule has 1 amide bonds. The number of benzene rings is 1. The normalized spacial score (nSPS) is 25.6. The van der Waals surface area contributed by atoms with Crippen molar-refractivity contribution >= 4 is 17.5 Å². The summed E-state index contributed by atoms with van der Waals surface area (Å²) in [5, 5.41) is 22.7. The monoisotopic (exact) mass is 396 g/mol. The molecule has 3 rings (SSSR count). The number of halogens is 3. The largest absolute Gasteiger partial charge is 0.393 e. The number of amides is 1. The number of carbonyl (C=O) groups is 1. The van der Waals surface area contributed by atoms with E-state index in [9.17, 15) is 19.4 Å². The van der Waals surface area contributed by atoms with Gasteiger partial charge in [-0.15, -0.1) is 0 Å². The third-order valence-electron chi connectivity index (χ3n) is 4.96. The van der Waals surface area contributed by atoms with Crippen molar-refractivity contribution in [3.8, 4) is 0 Å². The zero-order valence-corrected chi connectivity index (χ0v) is 15.3. The maximum absolute atomic E-state index is 15.7. The van der Waals surface area contributed by atoms with Crippen LogP contribution in [0.5, 0.6) is 0 Å². The van der Waals surface area contributed by atoms with Gasteiger partial charge in [0.05, 0.1) is 18.3 Å². The van der Waals surface area contributed by atoms with E-state index < -0.39 is 35.6 Å². The number of fused-ring (bicyclic) bond motifs is 1. The van der Waals surface area contributed by atoms with Gasteiger partial charge in [0.1, 0.15) is 11.4 Å². The molecule has 2 aromatic rings. The fourth-order valence-electron chi connectivity index (χ4n) is 3.36. The molecule has 0 fully saturated rings. The van der Waals surface area contributed by atoms with Crippen LogP contribution in [0.4, 0.5) is 8.78 Å². The lowest BCUT2D eigenvalue weighted by molar-refractivity contribution is -0.138. The van der Waals surface area contributed by atoms with Gasteiger partial charge in [-0.1, -0.05) is 23.7 Å². The van der Waals surface area contributed by atoms with Gasteiger partial charge in [-0.25, -0.2) is 8.78 Å². The molecule has 3 N–H and O–H groups in total. The molecule has 5 nitrogen and oxygen atoms in total. The lowest BCUT2D eigenvalue weighted by atomic mass is 9.74. The molecule has 0 spiro atoms. The van der Waals surface area contributed by atoms with Gasteiger partial charge in [0, 0.05) is 16.8 Å². The maximum Gasteiger partial charge on any atom is 0.262 e. The van der Waals surface area contributed by atoms with E-state index in [4.69, 9.17) is 11.6 Å². The van der Waals surface area contributed by atoms with Gasteiger partial charge in [-0.05, 0) is 43.5 Å². The Balaban J connectivity index is 1.91. The van der Waals surface area contributed by atoms with Crippen LogP contribution in [0.2, 0.25) is 5.02 Å². The highest BCUT2D eigenvalue weighted by Crippen LogP contribution is 2.45. The molecular formula is C19H19ClF2N2O3. The third kappa shape index (κ3) is 3.42. The van der Waals surface area contributed by atoms with Gasteiger partial charge in [-0.3, -0.25) is 9.78 Å². The summed E-state index contributed by atoms with van der Waals surface area (Å²) in [6, 6.07) is 5.91. The standard InChI is InChI=1S/C19H19ClF2N2O3/c1-11(13-5-4-12(21)9-15(13)20)24-17(26)19(22)7-6-18(27,10-25)16-14(19)3-2-8-23-16/h2-5,8-9,11,25,27H,6-7,10H2,1H3,(H,24,26)/t11-,18-,19+/m1/s1. The van der Waals surface area contributed by atoms with E-state index in [1.165, 1.54) is 30.5 Å². The number of hydrogen-bond acceptors (Lipinski definition) is 4. The molecule has 0 unspecified atom stereocenters. The number of nitrogens with zero attached hydrogens (tertiary/aromatic N) is 1. The highest BCUT2D eigenvalue weighted by atomic mass is 35.5. The Morgan fingerprint density at radius 2 is 2.15 bits per heavy atom. The fourth-order valence-corrected chi connectivity index (χ4v) is 3.69. The minimum Gasteiger partial charge on any atom is -0.393 e. The number of aliphatic hydroxyl groups excluding tert-OH is 1. The quantitative estimate of drug-likeness (QED) is 0.742. The molecule has 0 radical (unpaired) electrons. The Bertz CT molecular complexity index is 882. The molecule has 0 saturated carbocycles. The molecule has 144 valence electrons. The second kappa shape index (κ2) is 7.14. The number of pyridine rings is 1. The van der Waals surface area contributed by atoms with Crippen molar-refractivity contribution in [2.75, 3.05) is 6.61 Å². The molecule has 1 aliphatic rings. The first-order chi connectivity index (χ1) is 12.7. The minimum atomic E-state index is -2.42. The van der Waals surface area contributed by atoms with E-state index in [0.29, 0.717) is 5.56 Å². The van der Waals surface area contributed by atoms with Crippen LogP contribution in [0.25, 0.3) is 0 Å². The van der Waals surface area contributed by atoms with Crippen LogP contribution < -0.4 is 5.32 Å². The summed E-state index contributed by atoms with van der Waals surface area (Å²) < 4.78 is 29.0. The van der Waals surface area contributed by atoms with E-state index >= 15 is 4.39 Å². The minimum absolute atomic E-state index is 0.0520. The second-order valence-electron chi connectivity index (χ2n) is 6.75. The molecule has 0 bridgehead atoms. The second-order valence-corrected chi connectivity index (χ2v) is 7.16. The summed E-state index contributed by atoms with van der Waals surface area (Å²) in [5.74, 6) is -1.43. The Morgan fingerprint density at radius 3 is 2.81 bits per heavy atom. The molecule has 1 aromatic heterocycles. The number of carbonyl (C=O) groups excluding carboxylic acids is 1. The molecule has 0 aliphatic heterocycles. The number of aromatic nitrogens is 1. The topological polar surface area (TPSA) is 82.5 Å². The number of alkyl halides is 1. The zero-order valence-electron chi connectivity index (χ0n) is 14.5. The summed E-state index contributed by atoms with van der Waals surface area (Å²) in [5.41, 5.74) is -3.81. The first-order valence-electron chi connectivity index (χ1n) is 8.45. The summed E-state index contributed by atoms with van der Waals surface area (Å²) in [6.45, 7) is 0.980. The molecule has 1 aliphatic carbocycles. The van der Waals surface area contributed by atoms with Gasteiger partial charge in [0.25, 0.3) is 5.91 Å². The fraction of sp³-hybridized carbons (Fsp3) is 0.368. The molecule has 0 saturated heterocycles. The van der Waals surface area contributed by atoms with E-state index in [0.717, 1.165) is 6.07 Å². The molecule has 1 heterocycles. The average Bonchev–Trinajstić information content (AvgIpc) is 2.65. The van der Waals surface area contributed by atoms with Gasteiger partial charge >= 0.3 is 0 Å². The lowest BCUT2D eigenvalue weighted by Crippen LogP contribution is -2.49. The van der Waals surface area contributed by atoms with Crippen LogP contribution in [-0.4, -0.2) is 27.7 Å². The summed E-state index contributed by atoms with van der Waals surface area (Å²) in [4.78, 5) is 16.8. The summed E-state index contributed by atoms with van der Waals surface area (Å²) in [7, 11) is 0. The van der Waals surface area contributed by atoms with Crippen LogP contribution in [0.1, 0.15) is 42.6 Å². The smallest absolute Gasteiger partial charge is 0.262 e. The van der Waals surface area contributed by atoms with Gasteiger partial charge in [0.2, 0.25) is 5.67 Å². The lowest BCUT2D eigenvalue weighted by Gasteiger charge is -2.39. The predicted octanol–water partition coefficient (Wildman–Crippen LogP) is 2.89. The Hall–Kier alpha value is -2.09. The van der Waals surface area contributed by atoms with Crippen molar-refractivity contribution in [3.05, 3.63) is 64.2 Å². The van der Waals surface area contributed by atoms with Crippen LogP contribution >= 0.6 is 11.6 Å². The molecule has 3 atom stereocenters. The first-order valence-corrected chi connectivity index (χ1v) is 8.83. The van der Waals surface area contributed by atoms with Crippen molar-refractivity contribution in [3.63, 3.8) is 0 Å². The highest BCUT2D eigenvalue weighted by Gasteiger charge is 2.52. The number of nitrogens with one attached hydrogen (secondary N) is 1. The van der Waals surface area contributed by atoms with Gasteiger partial charge in [-0.2, -0.15) is 0 Å². The third-order valence-corrected chi connectivity index (χ3v) is 5.28. The summed E-state index contributed by atoms with van der Waals surface area (Å²) >= 11 is 6.01. The van der Waals surface area contributed by atoms with Crippen molar-refractivity contribution in [2.45, 2.75) is 37.1 Å². The van der Waals surface area contributed by atoms with Crippen molar-refractivity contribution in [2.24, 2.45) is 0 Å². The Morgan fingerprint density at radius 1 is 1.41 bits per heavy atom. The molecule has 8 heteroatoms. The van der Waals surface area contributed by atoms with Crippen molar-refractivity contribution < 1.29 is 23.8 Å². The Labute approximate surface area is 160 Å². The van der Waals surface area contributed by atoms with Crippen LogP contribution in [0.3, 0.4) is 0 Å². The van der Waals surface area contributed by atoms with Gasteiger partial charge in [0.15, 0.2) is 0 Å². The number of hydrogen-bond donors (Lipinski definition) is 3. The van der Waals surface area contributed by atoms with Crippen LogP contribution in [-0.2, 0) is 16.1 Å². The molecule has 27 heavy (non-hydrogen) atoms. The van der Waals surface area contributed by atoms with E-state index in [-0.39, 0.29) is 29.1 Å². The predicted molar refractivity (Wildman–Crippen MR) is 95.2 cm³/mol. The number of rotatable bonds is 4.